The molecule has 1 fully saturated rings. The van der Waals surface area contributed by atoms with E-state index in [2.05, 4.69) is 6.58 Å². The lowest BCUT2D eigenvalue weighted by atomic mass is 9.59. The molecule has 1 heterocycles. The Bertz CT molecular complexity index is 1560. The third-order valence-electron chi connectivity index (χ3n) is 8.25. The monoisotopic (exact) mass is 525 g/mol. The van der Waals surface area contributed by atoms with Gasteiger partial charge in [0.1, 0.15) is 5.75 Å². The molecule has 7 heteroatoms. The minimum absolute atomic E-state index is 0.0554. The van der Waals surface area contributed by atoms with Crippen molar-refractivity contribution in [1.29, 1.82) is 0 Å². The first-order valence-electron chi connectivity index (χ1n) is 12.5. The van der Waals surface area contributed by atoms with Gasteiger partial charge in [0, 0.05) is 33.2 Å². The molecule has 4 aliphatic rings. The van der Waals surface area contributed by atoms with Crippen molar-refractivity contribution >= 4 is 46.7 Å². The van der Waals surface area contributed by atoms with E-state index in [-0.39, 0.29) is 35.6 Å². The molecule has 0 saturated carbocycles. The Balaban J connectivity index is 1.49. The van der Waals surface area contributed by atoms with Crippen molar-refractivity contribution in [3.8, 4) is 5.75 Å². The first kappa shape index (κ1) is 24.3. The van der Waals surface area contributed by atoms with Gasteiger partial charge in [-0.25, -0.2) is 0 Å². The van der Waals surface area contributed by atoms with Crippen molar-refractivity contribution in [3.05, 3.63) is 99.6 Å². The Labute approximate surface area is 224 Å². The van der Waals surface area contributed by atoms with Crippen molar-refractivity contribution in [2.75, 3.05) is 4.90 Å². The zero-order chi connectivity index (χ0) is 26.9. The van der Waals surface area contributed by atoms with Gasteiger partial charge in [-0.3, -0.25) is 24.1 Å². The van der Waals surface area contributed by atoms with Crippen LogP contribution in [0.4, 0.5) is 5.69 Å². The molecule has 0 spiro atoms. The lowest BCUT2D eigenvalue weighted by Crippen LogP contribution is -2.39. The van der Waals surface area contributed by atoms with Crippen molar-refractivity contribution < 1.29 is 24.3 Å². The highest BCUT2D eigenvalue weighted by Gasteiger charge is 2.56. The standard InChI is InChI=1S/C31H24ClNO5/c1-3-16-4-7-18(8-5-16)33-30(37)20-10-9-19-21(27(20)31(33)38)14-23-25(35)12-15(2)29(36)28(23)26(19)22-13-17(32)6-11-24(22)34/h3-9,11-13,20-21,26-27,34H,1,10,14H2,2H3/t20-,21+,26+,27-/m0/s1. The third-order valence-corrected chi connectivity index (χ3v) is 8.49. The fraction of sp³-hybridized carbons (Fsp3) is 0.226. The molecule has 6 nitrogen and oxygen atoms in total. The number of fused-ring (bicyclic) bond motifs is 3. The quantitative estimate of drug-likeness (QED) is 0.332. The highest BCUT2D eigenvalue weighted by molar-refractivity contribution is 6.30. The molecular weight excluding hydrogens is 502 g/mol. The Hall–Kier alpha value is -4.03. The summed E-state index contributed by atoms with van der Waals surface area (Å²) in [6.07, 6.45) is 5.43. The van der Waals surface area contributed by atoms with Crippen LogP contribution in [-0.4, -0.2) is 28.5 Å². The van der Waals surface area contributed by atoms with Crippen molar-refractivity contribution in [2.24, 2.45) is 17.8 Å². The molecule has 1 saturated heterocycles. The predicted octanol–water partition coefficient (Wildman–Crippen LogP) is 5.32. The van der Waals surface area contributed by atoms with E-state index in [9.17, 15) is 24.3 Å². The summed E-state index contributed by atoms with van der Waals surface area (Å²) in [6, 6.07) is 11.7. The fourth-order valence-electron chi connectivity index (χ4n) is 6.49. The Morgan fingerprint density at radius 2 is 1.76 bits per heavy atom. The molecule has 3 aliphatic carbocycles. The molecule has 0 bridgehead atoms. The summed E-state index contributed by atoms with van der Waals surface area (Å²) in [5.41, 5.74) is 3.52. The highest BCUT2D eigenvalue weighted by atomic mass is 35.5. The van der Waals surface area contributed by atoms with Gasteiger partial charge >= 0.3 is 0 Å². The summed E-state index contributed by atoms with van der Waals surface area (Å²) in [5, 5.41) is 11.2. The zero-order valence-corrected chi connectivity index (χ0v) is 21.4. The second-order valence-electron chi connectivity index (χ2n) is 10.2. The number of ketones is 2. The number of imide groups is 1. The Kier molecular flexibility index (Phi) is 5.61. The maximum Gasteiger partial charge on any atom is 0.238 e. The molecule has 1 aliphatic heterocycles. The molecule has 2 amide bonds. The molecule has 2 aromatic rings. The van der Waals surface area contributed by atoms with Crippen LogP contribution in [0.15, 0.2) is 83.5 Å². The van der Waals surface area contributed by atoms with E-state index in [1.807, 2.05) is 6.08 Å². The van der Waals surface area contributed by atoms with Crippen LogP contribution in [0.3, 0.4) is 0 Å². The van der Waals surface area contributed by atoms with Gasteiger partial charge in [-0.1, -0.05) is 48.0 Å². The van der Waals surface area contributed by atoms with Gasteiger partial charge in [0.15, 0.2) is 11.6 Å². The van der Waals surface area contributed by atoms with Crippen molar-refractivity contribution in [2.45, 2.75) is 25.7 Å². The topological polar surface area (TPSA) is 91.8 Å². The fourth-order valence-corrected chi connectivity index (χ4v) is 6.67. The number of nitrogens with zero attached hydrogens (tertiary/aromatic N) is 1. The van der Waals surface area contributed by atoms with E-state index < -0.39 is 23.7 Å². The summed E-state index contributed by atoms with van der Waals surface area (Å²) >= 11 is 6.30. The summed E-state index contributed by atoms with van der Waals surface area (Å²) in [5.74, 6) is -3.67. The number of halogens is 1. The number of hydrogen-bond donors (Lipinski definition) is 1. The number of aromatic hydroxyl groups is 1. The highest BCUT2D eigenvalue weighted by Crippen LogP contribution is 2.56. The summed E-state index contributed by atoms with van der Waals surface area (Å²) in [6.45, 7) is 5.35. The molecular formula is C31H24ClNO5. The molecule has 6 rings (SSSR count). The smallest absolute Gasteiger partial charge is 0.238 e. The minimum Gasteiger partial charge on any atom is -0.508 e. The van der Waals surface area contributed by atoms with Gasteiger partial charge in [0.05, 0.1) is 17.5 Å². The van der Waals surface area contributed by atoms with Gasteiger partial charge in [-0.2, -0.15) is 0 Å². The largest absolute Gasteiger partial charge is 0.508 e. The van der Waals surface area contributed by atoms with Gasteiger partial charge in [0.2, 0.25) is 11.8 Å². The van der Waals surface area contributed by atoms with E-state index in [0.717, 1.165) is 11.1 Å². The van der Waals surface area contributed by atoms with Crippen LogP contribution in [0.5, 0.6) is 5.75 Å². The van der Waals surface area contributed by atoms with E-state index in [0.29, 0.717) is 39.4 Å². The van der Waals surface area contributed by atoms with Crippen molar-refractivity contribution in [3.63, 3.8) is 0 Å². The maximum absolute atomic E-state index is 13.9. The van der Waals surface area contributed by atoms with E-state index in [1.54, 1.807) is 49.4 Å². The van der Waals surface area contributed by atoms with Gasteiger partial charge in [-0.05, 0) is 67.7 Å². The first-order chi connectivity index (χ1) is 18.2. The number of amides is 2. The maximum atomic E-state index is 13.9. The Morgan fingerprint density at radius 1 is 1.03 bits per heavy atom. The number of carbonyl (C=O) groups excluding carboxylic acids is 4. The number of Topliss-reactive ketones (excluding diaryl/α,β-unsaturated/α-hetero) is 1. The molecule has 0 aromatic heterocycles. The third kappa shape index (κ3) is 3.47. The lowest BCUT2D eigenvalue weighted by molar-refractivity contribution is -0.123. The molecule has 2 aromatic carbocycles. The Morgan fingerprint density at radius 3 is 2.47 bits per heavy atom. The molecule has 38 heavy (non-hydrogen) atoms. The van der Waals surface area contributed by atoms with Crippen LogP contribution >= 0.6 is 11.6 Å². The number of benzene rings is 2. The summed E-state index contributed by atoms with van der Waals surface area (Å²) in [7, 11) is 0. The number of phenolic OH excluding ortho intramolecular Hbond substituents is 1. The molecule has 190 valence electrons. The summed E-state index contributed by atoms with van der Waals surface area (Å²) < 4.78 is 0. The average molecular weight is 526 g/mol. The van der Waals surface area contributed by atoms with E-state index in [1.165, 1.54) is 17.0 Å². The van der Waals surface area contributed by atoms with Crippen LogP contribution in [0, 0.1) is 17.8 Å². The van der Waals surface area contributed by atoms with Gasteiger partial charge in [-0.15, -0.1) is 0 Å². The predicted molar refractivity (Wildman–Crippen MR) is 143 cm³/mol. The molecule has 1 N–H and O–H groups in total. The normalized spacial score (nSPS) is 26.5. The minimum atomic E-state index is -0.743. The van der Waals surface area contributed by atoms with E-state index in [4.69, 9.17) is 11.6 Å². The lowest BCUT2D eigenvalue weighted by Gasteiger charge is -2.42. The van der Waals surface area contributed by atoms with Gasteiger partial charge < -0.3 is 5.11 Å². The number of carbonyl (C=O) groups is 4. The van der Waals surface area contributed by atoms with Gasteiger partial charge in [0.25, 0.3) is 0 Å². The van der Waals surface area contributed by atoms with Crippen LogP contribution in [0.25, 0.3) is 6.08 Å². The average Bonchev–Trinajstić information content (AvgIpc) is 3.17. The first-order valence-corrected chi connectivity index (χ1v) is 12.9. The van der Waals surface area contributed by atoms with E-state index >= 15 is 0 Å². The summed E-state index contributed by atoms with van der Waals surface area (Å²) in [4.78, 5) is 55.3. The zero-order valence-electron chi connectivity index (χ0n) is 20.6. The van der Waals surface area contributed by atoms with Crippen LogP contribution in [-0.2, 0) is 19.2 Å². The second kappa shape index (κ2) is 8.77. The number of allylic oxidation sites excluding steroid dienone is 6. The number of rotatable bonds is 3. The molecule has 4 atom stereocenters. The number of phenols is 1. The van der Waals surface area contributed by atoms with Crippen molar-refractivity contribution in [1.82, 2.24) is 0 Å². The second-order valence-corrected chi connectivity index (χ2v) is 10.7. The van der Waals surface area contributed by atoms with Crippen LogP contribution in [0.2, 0.25) is 5.02 Å². The van der Waals surface area contributed by atoms with Crippen LogP contribution in [0.1, 0.15) is 36.8 Å². The molecule has 0 radical (unpaired) electrons. The SMILES string of the molecule is C=Cc1ccc(N2C(=O)[C@H]3[C@H](CC=C4[C@H](c5cc(Cl)ccc5O)C5=C(C[C@H]43)C(=O)C=C(C)C5=O)C2=O)cc1. The molecule has 0 unspecified atom stereocenters. The van der Waals surface area contributed by atoms with Crippen LogP contribution < -0.4 is 4.90 Å². The number of hydrogen-bond acceptors (Lipinski definition) is 5. The number of anilines is 1.